The Hall–Kier alpha value is -2.34. The molecule has 0 heterocycles. The fourth-order valence-corrected chi connectivity index (χ4v) is 3.61. The SMILES string of the molecule is CC(C)S(=O)(=O)[C@H](C)C(=O)NCc1ccccc1OCc1ccccc1. The molecule has 1 N–H and O–H groups in total. The van der Waals surface area contributed by atoms with Crippen LogP contribution < -0.4 is 10.1 Å². The fraction of sp³-hybridized carbons (Fsp3) is 0.350. The monoisotopic (exact) mass is 375 g/mol. The highest BCUT2D eigenvalue weighted by molar-refractivity contribution is 7.93. The zero-order valence-corrected chi connectivity index (χ0v) is 16.1. The van der Waals surface area contributed by atoms with E-state index in [2.05, 4.69) is 5.32 Å². The second-order valence-corrected chi connectivity index (χ2v) is 9.21. The molecular weight excluding hydrogens is 350 g/mol. The molecule has 5 nitrogen and oxygen atoms in total. The lowest BCUT2D eigenvalue weighted by molar-refractivity contribution is -0.120. The van der Waals surface area contributed by atoms with Crippen molar-refractivity contribution in [3.63, 3.8) is 0 Å². The zero-order chi connectivity index (χ0) is 19.2. The smallest absolute Gasteiger partial charge is 0.238 e. The number of sulfone groups is 1. The lowest BCUT2D eigenvalue weighted by atomic mass is 10.2. The second kappa shape index (κ2) is 8.85. The van der Waals surface area contributed by atoms with Crippen molar-refractivity contribution < 1.29 is 17.9 Å². The molecule has 2 aromatic carbocycles. The Morgan fingerprint density at radius 3 is 2.27 bits per heavy atom. The van der Waals surface area contributed by atoms with Crippen LogP contribution >= 0.6 is 0 Å². The summed E-state index contributed by atoms with van der Waals surface area (Å²) < 4.78 is 30.1. The maximum Gasteiger partial charge on any atom is 0.238 e. The minimum atomic E-state index is -3.48. The van der Waals surface area contributed by atoms with Crippen LogP contribution in [-0.4, -0.2) is 24.8 Å². The summed E-state index contributed by atoms with van der Waals surface area (Å²) in [5.74, 6) is 0.160. The Bertz CT molecular complexity index is 832. The van der Waals surface area contributed by atoms with Gasteiger partial charge in [-0.25, -0.2) is 8.42 Å². The van der Waals surface area contributed by atoms with Gasteiger partial charge in [0.1, 0.15) is 17.6 Å². The molecule has 0 fully saturated rings. The highest BCUT2D eigenvalue weighted by Gasteiger charge is 2.30. The predicted molar refractivity (Wildman–Crippen MR) is 103 cm³/mol. The first-order chi connectivity index (χ1) is 12.3. The van der Waals surface area contributed by atoms with E-state index >= 15 is 0 Å². The van der Waals surface area contributed by atoms with Crippen molar-refractivity contribution in [1.82, 2.24) is 5.32 Å². The van der Waals surface area contributed by atoms with E-state index in [1.54, 1.807) is 13.8 Å². The van der Waals surface area contributed by atoms with Gasteiger partial charge in [-0.15, -0.1) is 0 Å². The highest BCUT2D eigenvalue weighted by Crippen LogP contribution is 2.19. The third-order valence-corrected chi connectivity index (χ3v) is 6.70. The first-order valence-corrected chi connectivity index (χ1v) is 10.2. The van der Waals surface area contributed by atoms with Crippen LogP contribution in [0.2, 0.25) is 0 Å². The normalized spacial score (nSPS) is 12.6. The topological polar surface area (TPSA) is 72.5 Å². The number of nitrogens with one attached hydrogen (secondary N) is 1. The number of hydrogen-bond acceptors (Lipinski definition) is 4. The van der Waals surface area contributed by atoms with Crippen LogP contribution in [0.5, 0.6) is 5.75 Å². The Kier molecular flexibility index (Phi) is 6.80. The molecule has 2 rings (SSSR count). The van der Waals surface area contributed by atoms with Gasteiger partial charge in [-0.3, -0.25) is 4.79 Å². The van der Waals surface area contributed by atoms with Gasteiger partial charge in [-0.2, -0.15) is 0 Å². The number of amides is 1. The van der Waals surface area contributed by atoms with Crippen molar-refractivity contribution in [2.24, 2.45) is 0 Å². The van der Waals surface area contributed by atoms with Gasteiger partial charge in [-0.1, -0.05) is 48.5 Å². The van der Waals surface area contributed by atoms with Crippen LogP contribution in [0.25, 0.3) is 0 Å². The number of carbonyl (C=O) groups excluding carboxylic acids is 1. The van der Waals surface area contributed by atoms with Crippen LogP contribution in [0.3, 0.4) is 0 Å². The number of para-hydroxylation sites is 1. The van der Waals surface area contributed by atoms with Gasteiger partial charge >= 0.3 is 0 Å². The summed E-state index contributed by atoms with van der Waals surface area (Å²) in [6.07, 6.45) is 0. The molecule has 0 aliphatic heterocycles. The van der Waals surface area contributed by atoms with E-state index in [-0.39, 0.29) is 6.54 Å². The summed E-state index contributed by atoms with van der Waals surface area (Å²) in [5, 5.41) is 1.02. The molecule has 0 spiro atoms. The standard InChI is InChI=1S/C20H25NO4S/c1-15(2)26(23,24)16(3)20(22)21-13-18-11-7-8-12-19(18)25-14-17-9-5-4-6-10-17/h4-12,15-16H,13-14H2,1-3H3,(H,21,22)/t16-/m1/s1. The minimum Gasteiger partial charge on any atom is -0.489 e. The summed E-state index contributed by atoms with van der Waals surface area (Å²) >= 11 is 0. The average molecular weight is 375 g/mol. The van der Waals surface area contributed by atoms with E-state index < -0.39 is 26.2 Å². The largest absolute Gasteiger partial charge is 0.489 e. The predicted octanol–water partition coefficient (Wildman–Crippen LogP) is 3.09. The Morgan fingerprint density at radius 2 is 1.62 bits per heavy atom. The maximum absolute atomic E-state index is 12.2. The Labute approximate surface area is 155 Å². The van der Waals surface area contributed by atoms with E-state index in [0.29, 0.717) is 12.4 Å². The molecule has 0 unspecified atom stereocenters. The first-order valence-electron chi connectivity index (χ1n) is 8.57. The lowest BCUT2D eigenvalue weighted by Crippen LogP contribution is -2.40. The van der Waals surface area contributed by atoms with Crippen LogP contribution in [0, 0.1) is 0 Å². The molecule has 0 radical (unpaired) electrons. The number of benzene rings is 2. The summed E-state index contributed by atoms with van der Waals surface area (Å²) in [7, 11) is -3.48. The van der Waals surface area contributed by atoms with E-state index in [4.69, 9.17) is 4.74 Å². The quantitative estimate of drug-likeness (QED) is 0.769. The minimum absolute atomic E-state index is 0.210. The summed E-state index contributed by atoms with van der Waals surface area (Å²) in [4.78, 5) is 12.2. The molecule has 0 bridgehead atoms. The van der Waals surface area contributed by atoms with Crippen molar-refractivity contribution >= 4 is 15.7 Å². The van der Waals surface area contributed by atoms with E-state index in [9.17, 15) is 13.2 Å². The maximum atomic E-state index is 12.2. The van der Waals surface area contributed by atoms with Crippen molar-refractivity contribution in [3.8, 4) is 5.75 Å². The van der Waals surface area contributed by atoms with Crippen LogP contribution in [0.15, 0.2) is 54.6 Å². The Balaban J connectivity index is 2.01. The number of ether oxygens (including phenoxy) is 1. The Morgan fingerprint density at radius 1 is 1.00 bits per heavy atom. The molecule has 2 aromatic rings. The number of carbonyl (C=O) groups is 1. The van der Waals surface area contributed by atoms with E-state index in [1.165, 1.54) is 6.92 Å². The van der Waals surface area contributed by atoms with Gasteiger partial charge in [-0.05, 0) is 32.4 Å². The molecule has 140 valence electrons. The third kappa shape index (κ3) is 5.08. The van der Waals surface area contributed by atoms with Gasteiger partial charge in [0.15, 0.2) is 9.84 Å². The molecule has 0 aromatic heterocycles. The number of hydrogen-bond donors (Lipinski definition) is 1. The van der Waals surface area contributed by atoms with Crippen LogP contribution in [-0.2, 0) is 27.8 Å². The molecule has 0 aliphatic carbocycles. The molecule has 1 atom stereocenters. The van der Waals surface area contributed by atoms with Gasteiger partial charge < -0.3 is 10.1 Å². The van der Waals surface area contributed by atoms with Crippen molar-refractivity contribution in [2.75, 3.05) is 0 Å². The van der Waals surface area contributed by atoms with E-state index in [1.807, 2.05) is 54.6 Å². The molecule has 26 heavy (non-hydrogen) atoms. The lowest BCUT2D eigenvalue weighted by Gasteiger charge is -2.17. The van der Waals surface area contributed by atoms with Gasteiger partial charge in [0.2, 0.25) is 5.91 Å². The van der Waals surface area contributed by atoms with Crippen LogP contribution in [0.1, 0.15) is 31.9 Å². The summed E-state index contributed by atoms with van der Waals surface area (Å²) in [5.41, 5.74) is 1.84. The van der Waals surface area contributed by atoms with Gasteiger partial charge in [0.25, 0.3) is 0 Å². The van der Waals surface area contributed by atoms with Gasteiger partial charge in [0.05, 0.1) is 5.25 Å². The second-order valence-electron chi connectivity index (χ2n) is 6.38. The van der Waals surface area contributed by atoms with Crippen molar-refractivity contribution in [1.29, 1.82) is 0 Å². The molecule has 0 saturated heterocycles. The first kappa shape index (κ1) is 20.0. The van der Waals surface area contributed by atoms with Crippen LogP contribution in [0.4, 0.5) is 0 Å². The highest BCUT2D eigenvalue weighted by atomic mass is 32.2. The summed E-state index contributed by atoms with van der Waals surface area (Å²) in [6, 6.07) is 17.2. The molecule has 6 heteroatoms. The van der Waals surface area contributed by atoms with E-state index in [0.717, 1.165) is 11.1 Å². The summed E-state index contributed by atoms with van der Waals surface area (Å²) in [6.45, 7) is 5.20. The average Bonchev–Trinajstić information content (AvgIpc) is 2.65. The van der Waals surface area contributed by atoms with Crippen molar-refractivity contribution in [2.45, 2.75) is 44.4 Å². The van der Waals surface area contributed by atoms with Crippen molar-refractivity contribution in [3.05, 3.63) is 65.7 Å². The number of rotatable bonds is 8. The third-order valence-electron chi connectivity index (χ3n) is 4.18. The zero-order valence-electron chi connectivity index (χ0n) is 15.3. The fourth-order valence-electron chi connectivity index (χ4n) is 2.41. The molecule has 0 aliphatic rings. The molecule has 1 amide bonds. The molecule has 0 saturated carbocycles. The molecular formula is C20H25NO4S. The van der Waals surface area contributed by atoms with Gasteiger partial charge in [0, 0.05) is 12.1 Å².